The predicted octanol–water partition coefficient (Wildman–Crippen LogP) is 3.70. The first-order valence-corrected chi connectivity index (χ1v) is 10.8. The summed E-state index contributed by atoms with van der Waals surface area (Å²) in [6.07, 6.45) is 1.27. The molecule has 1 saturated heterocycles. The van der Waals surface area contributed by atoms with Crippen LogP contribution in [0.4, 0.5) is 5.69 Å². The molecule has 8 heteroatoms. The second-order valence-corrected chi connectivity index (χ2v) is 9.12. The monoisotopic (exact) mass is 422 g/mol. The van der Waals surface area contributed by atoms with E-state index < -0.39 is 15.9 Å². The molecule has 1 heterocycles. The molecule has 1 atom stereocenters. The fourth-order valence-electron chi connectivity index (χ4n) is 3.25. The van der Waals surface area contributed by atoms with Crippen molar-refractivity contribution in [1.29, 1.82) is 0 Å². The van der Waals surface area contributed by atoms with Crippen LogP contribution in [0.25, 0.3) is 0 Å². The number of halogens is 1. The van der Waals surface area contributed by atoms with Crippen molar-refractivity contribution in [2.24, 2.45) is 5.92 Å². The number of methoxy groups -OCH3 is 1. The molecule has 0 radical (unpaired) electrons. The summed E-state index contributed by atoms with van der Waals surface area (Å²) in [6, 6.07) is 11.6. The van der Waals surface area contributed by atoms with E-state index in [1.165, 1.54) is 23.5 Å². The van der Waals surface area contributed by atoms with Gasteiger partial charge in [-0.25, -0.2) is 8.42 Å². The van der Waals surface area contributed by atoms with Crippen LogP contribution in [0.3, 0.4) is 0 Å². The minimum absolute atomic E-state index is 0.153. The fraction of sp³-hybridized carbons (Fsp3) is 0.350. The molecule has 3 rings (SSSR count). The molecule has 1 aliphatic rings. The maximum absolute atomic E-state index is 12.9. The number of nitrogens with zero attached hydrogens (tertiary/aromatic N) is 1. The lowest BCUT2D eigenvalue weighted by Gasteiger charge is -2.31. The third kappa shape index (κ3) is 4.32. The van der Waals surface area contributed by atoms with E-state index in [0.29, 0.717) is 35.8 Å². The number of ether oxygens (including phenoxy) is 1. The molecule has 1 N–H and O–H groups in total. The van der Waals surface area contributed by atoms with Gasteiger partial charge in [0, 0.05) is 23.8 Å². The molecule has 0 bridgehead atoms. The van der Waals surface area contributed by atoms with Crippen LogP contribution < -0.4 is 10.1 Å². The smallest absolute Gasteiger partial charge is 0.243 e. The van der Waals surface area contributed by atoms with Gasteiger partial charge in [-0.3, -0.25) is 4.79 Å². The lowest BCUT2D eigenvalue weighted by atomic mass is 9.98. The molecule has 2 aromatic carbocycles. The van der Waals surface area contributed by atoms with Crippen LogP contribution in [0.2, 0.25) is 5.02 Å². The molecule has 0 spiro atoms. The van der Waals surface area contributed by atoms with Gasteiger partial charge in [0.05, 0.1) is 17.9 Å². The van der Waals surface area contributed by atoms with Crippen molar-refractivity contribution in [2.45, 2.75) is 24.7 Å². The Morgan fingerprint density at radius 2 is 1.93 bits per heavy atom. The Labute approximate surface area is 170 Å². The molecule has 28 heavy (non-hydrogen) atoms. The number of piperidine rings is 1. The number of hydrogen-bond donors (Lipinski definition) is 1. The van der Waals surface area contributed by atoms with Gasteiger partial charge in [-0.2, -0.15) is 4.31 Å². The third-order valence-corrected chi connectivity index (χ3v) is 7.27. The molecular weight excluding hydrogens is 400 g/mol. The Kier molecular flexibility index (Phi) is 6.27. The summed E-state index contributed by atoms with van der Waals surface area (Å²) in [6.45, 7) is 2.38. The molecular formula is C20H23ClN2O4S. The fourth-order valence-corrected chi connectivity index (χ4v) is 4.95. The average molecular weight is 423 g/mol. The van der Waals surface area contributed by atoms with Gasteiger partial charge >= 0.3 is 0 Å². The van der Waals surface area contributed by atoms with E-state index in [0.717, 1.165) is 5.56 Å². The van der Waals surface area contributed by atoms with Crippen molar-refractivity contribution in [3.8, 4) is 5.75 Å². The highest BCUT2D eigenvalue weighted by Gasteiger charge is 2.33. The van der Waals surface area contributed by atoms with Crippen molar-refractivity contribution in [2.75, 3.05) is 25.5 Å². The number of carbonyl (C=O) groups is 1. The minimum atomic E-state index is -3.66. The first kappa shape index (κ1) is 20.6. The Hall–Kier alpha value is -2.09. The molecule has 150 valence electrons. The highest BCUT2D eigenvalue weighted by Crippen LogP contribution is 2.27. The van der Waals surface area contributed by atoms with Crippen molar-refractivity contribution in [3.05, 3.63) is 53.1 Å². The van der Waals surface area contributed by atoms with Crippen LogP contribution in [-0.2, 0) is 14.8 Å². The quantitative estimate of drug-likeness (QED) is 0.797. The Morgan fingerprint density at radius 3 is 2.61 bits per heavy atom. The Bertz CT molecular complexity index is 961. The number of sulfonamides is 1. The van der Waals surface area contributed by atoms with E-state index in [2.05, 4.69) is 5.32 Å². The molecule has 6 nitrogen and oxygen atoms in total. The number of nitrogens with one attached hydrogen (secondary N) is 1. The van der Waals surface area contributed by atoms with Crippen LogP contribution >= 0.6 is 11.6 Å². The van der Waals surface area contributed by atoms with Gasteiger partial charge in [0.1, 0.15) is 5.75 Å². The summed E-state index contributed by atoms with van der Waals surface area (Å²) in [5, 5.41) is 3.46. The summed E-state index contributed by atoms with van der Waals surface area (Å²) < 4.78 is 32.4. The molecule has 2 aromatic rings. The molecule has 0 aromatic heterocycles. The standard InChI is InChI=1S/C20H23ClN2O4S/c1-14-18(21)6-3-7-19(14)22-20(24)15-5-4-12-23(13-15)28(25,26)17-10-8-16(27-2)9-11-17/h3,6-11,15H,4-5,12-13H2,1-2H3,(H,22,24)/t15-/m1/s1. The van der Waals surface area contributed by atoms with E-state index in [9.17, 15) is 13.2 Å². The zero-order valence-corrected chi connectivity index (χ0v) is 17.4. The summed E-state index contributed by atoms with van der Waals surface area (Å²) in [7, 11) is -2.14. The van der Waals surface area contributed by atoms with E-state index >= 15 is 0 Å². The normalized spacial score (nSPS) is 17.9. The Balaban J connectivity index is 1.73. The van der Waals surface area contributed by atoms with Crippen LogP contribution in [0.1, 0.15) is 18.4 Å². The molecule has 1 amide bonds. The number of carbonyl (C=O) groups excluding carboxylic acids is 1. The van der Waals surface area contributed by atoms with Gasteiger partial charge in [0.25, 0.3) is 0 Å². The van der Waals surface area contributed by atoms with E-state index in [1.807, 2.05) is 6.92 Å². The van der Waals surface area contributed by atoms with Gasteiger partial charge in [0.15, 0.2) is 0 Å². The lowest BCUT2D eigenvalue weighted by molar-refractivity contribution is -0.120. The van der Waals surface area contributed by atoms with Crippen LogP contribution in [0.15, 0.2) is 47.4 Å². The van der Waals surface area contributed by atoms with E-state index in [-0.39, 0.29) is 17.3 Å². The number of rotatable bonds is 5. The largest absolute Gasteiger partial charge is 0.497 e. The SMILES string of the molecule is COc1ccc(S(=O)(=O)N2CCC[C@@H](C(=O)Nc3cccc(Cl)c3C)C2)cc1. The average Bonchev–Trinajstić information content (AvgIpc) is 2.71. The zero-order valence-electron chi connectivity index (χ0n) is 15.8. The van der Waals surface area contributed by atoms with E-state index in [4.69, 9.17) is 16.3 Å². The second kappa shape index (κ2) is 8.51. The number of amides is 1. The lowest BCUT2D eigenvalue weighted by Crippen LogP contribution is -2.43. The molecule has 0 aliphatic carbocycles. The van der Waals surface area contributed by atoms with Crippen molar-refractivity contribution in [1.82, 2.24) is 4.31 Å². The number of anilines is 1. The third-order valence-electron chi connectivity index (χ3n) is 4.98. The zero-order chi connectivity index (χ0) is 20.3. The highest BCUT2D eigenvalue weighted by atomic mass is 35.5. The minimum Gasteiger partial charge on any atom is -0.497 e. The van der Waals surface area contributed by atoms with E-state index in [1.54, 1.807) is 30.3 Å². The predicted molar refractivity (Wildman–Crippen MR) is 109 cm³/mol. The first-order valence-electron chi connectivity index (χ1n) is 9.03. The second-order valence-electron chi connectivity index (χ2n) is 6.78. The summed E-state index contributed by atoms with van der Waals surface area (Å²) in [5.74, 6) is -0.0214. The molecule has 1 aliphatic heterocycles. The van der Waals surface area contributed by atoms with Gasteiger partial charge < -0.3 is 10.1 Å². The van der Waals surface area contributed by atoms with Gasteiger partial charge in [0.2, 0.25) is 15.9 Å². The topological polar surface area (TPSA) is 75.7 Å². The maximum atomic E-state index is 12.9. The number of hydrogen-bond acceptors (Lipinski definition) is 4. The van der Waals surface area contributed by atoms with Crippen LogP contribution in [0.5, 0.6) is 5.75 Å². The first-order chi connectivity index (χ1) is 13.3. The summed E-state index contributed by atoms with van der Waals surface area (Å²) in [4.78, 5) is 12.9. The van der Waals surface area contributed by atoms with Crippen LogP contribution in [0, 0.1) is 12.8 Å². The molecule has 0 saturated carbocycles. The van der Waals surface area contributed by atoms with Crippen molar-refractivity contribution >= 4 is 33.2 Å². The van der Waals surface area contributed by atoms with Gasteiger partial charge in [-0.15, -0.1) is 0 Å². The highest BCUT2D eigenvalue weighted by molar-refractivity contribution is 7.89. The molecule has 0 unspecified atom stereocenters. The summed E-state index contributed by atoms with van der Waals surface area (Å²) >= 11 is 6.11. The van der Waals surface area contributed by atoms with Crippen LogP contribution in [-0.4, -0.2) is 38.8 Å². The van der Waals surface area contributed by atoms with Gasteiger partial charge in [-0.05, 0) is 61.7 Å². The van der Waals surface area contributed by atoms with Gasteiger partial charge in [-0.1, -0.05) is 17.7 Å². The Morgan fingerprint density at radius 1 is 1.21 bits per heavy atom. The maximum Gasteiger partial charge on any atom is 0.243 e. The van der Waals surface area contributed by atoms with Crippen molar-refractivity contribution < 1.29 is 17.9 Å². The summed E-state index contributed by atoms with van der Waals surface area (Å²) in [5.41, 5.74) is 1.43. The van der Waals surface area contributed by atoms with Crippen molar-refractivity contribution in [3.63, 3.8) is 0 Å². The molecule has 1 fully saturated rings. The number of benzene rings is 2.